The molecule has 1 atom stereocenters. The molecule has 4 heterocycles. The molecule has 3 fully saturated rings. The smallest absolute Gasteiger partial charge is 0.375 e. The first-order valence-corrected chi connectivity index (χ1v) is 12.1. The van der Waals surface area contributed by atoms with Crippen molar-refractivity contribution >= 4 is 17.1 Å². The molecule has 0 spiro atoms. The largest absolute Gasteiger partial charge is 0.379 e. The minimum atomic E-state index is -3.67. The van der Waals surface area contributed by atoms with Gasteiger partial charge in [-0.15, -0.1) is 0 Å². The average Bonchev–Trinajstić information content (AvgIpc) is 3.48. The van der Waals surface area contributed by atoms with Crippen molar-refractivity contribution in [3.05, 3.63) is 35.5 Å². The van der Waals surface area contributed by atoms with Crippen molar-refractivity contribution in [2.75, 3.05) is 24.6 Å². The van der Waals surface area contributed by atoms with E-state index in [0.29, 0.717) is 5.92 Å². The first-order chi connectivity index (χ1) is 16.8. The van der Waals surface area contributed by atoms with Crippen molar-refractivity contribution in [1.29, 1.82) is 0 Å². The van der Waals surface area contributed by atoms with Crippen LogP contribution < -0.4 is 4.90 Å². The molecule has 11 heteroatoms. The van der Waals surface area contributed by atoms with Gasteiger partial charge in [-0.05, 0) is 52.5 Å². The Morgan fingerprint density at radius 1 is 1.00 bits per heavy atom. The van der Waals surface area contributed by atoms with Crippen LogP contribution >= 0.6 is 0 Å². The Labute approximate surface area is 202 Å². The van der Waals surface area contributed by atoms with E-state index in [0.717, 1.165) is 59.9 Å². The summed E-state index contributed by atoms with van der Waals surface area (Å²) in [5.74, 6) is 1.29. The third kappa shape index (κ3) is 6.65. The summed E-state index contributed by atoms with van der Waals surface area (Å²) in [5, 5.41) is 4.09. The molecule has 0 N–H and O–H groups in total. The lowest BCUT2D eigenvalue weighted by Crippen LogP contribution is -2.42. The molecule has 3 aromatic rings. The van der Waals surface area contributed by atoms with E-state index < -0.39 is 6.68 Å². The van der Waals surface area contributed by atoms with E-state index in [1.54, 1.807) is 0 Å². The summed E-state index contributed by atoms with van der Waals surface area (Å²) in [5.41, 5.74) is 4.62. The predicted octanol–water partition coefficient (Wildman–Crippen LogP) is 4.93. The number of ether oxygens (including phenoxy) is 1. The number of alkyl halides is 3. The van der Waals surface area contributed by atoms with Crippen LogP contribution in [0.25, 0.3) is 11.2 Å². The lowest BCUT2D eigenvalue weighted by molar-refractivity contribution is 0.00819. The van der Waals surface area contributed by atoms with Crippen LogP contribution in [0.2, 0.25) is 0 Å². The highest BCUT2D eigenvalue weighted by atomic mass is 19.4. The topological polar surface area (TPSA) is 81.8 Å². The zero-order chi connectivity index (χ0) is 24.9. The van der Waals surface area contributed by atoms with Crippen molar-refractivity contribution in [1.82, 2.24) is 29.7 Å². The van der Waals surface area contributed by atoms with Gasteiger partial charge in [0.1, 0.15) is 5.52 Å². The molecule has 2 aliphatic carbocycles. The van der Waals surface area contributed by atoms with E-state index >= 15 is 0 Å². The first kappa shape index (κ1) is 25.3. The minimum absolute atomic E-state index is 0.209. The predicted molar refractivity (Wildman–Crippen MR) is 126 cm³/mol. The molecule has 8 nitrogen and oxygen atoms in total. The summed E-state index contributed by atoms with van der Waals surface area (Å²) in [4.78, 5) is 21.3. The summed E-state index contributed by atoms with van der Waals surface area (Å²) in [7, 11) is 0. The highest BCUT2D eigenvalue weighted by Gasteiger charge is 2.28. The number of rotatable bonds is 3. The Kier molecular flexibility index (Phi) is 8.15. The van der Waals surface area contributed by atoms with Crippen molar-refractivity contribution in [3.63, 3.8) is 0 Å². The molecular formula is C24H32F3N7O. The first-order valence-electron chi connectivity index (χ1n) is 12.1. The van der Waals surface area contributed by atoms with Crippen molar-refractivity contribution in [2.45, 2.75) is 77.6 Å². The molecule has 6 rings (SSSR count). The molecule has 1 saturated heterocycles. The maximum absolute atomic E-state index is 9.67. The SMILES string of the molecule is Cc1nc2nc(N3CCOC(C)C3)nc(C3CCC3)c2nc1C.FC(F)F.c1cnn(C2CC2)c1. The summed E-state index contributed by atoms with van der Waals surface area (Å²) in [6, 6.07) is 2.71. The van der Waals surface area contributed by atoms with Crippen LogP contribution in [-0.2, 0) is 4.74 Å². The van der Waals surface area contributed by atoms with Gasteiger partial charge < -0.3 is 9.64 Å². The number of hydrogen-bond donors (Lipinski definition) is 0. The number of halogens is 3. The third-order valence-corrected chi connectivity index (χ3v) is 6.42. The van der Waals surface area contributed by atoms with E-state index in [9.17, 15) is 13.2 Å². The summed E-state index contributed by atoms with van der Waals surface area (Å²) >= 11 is 0. The van der Waals surface area contributed by atoms with Gasteiger partial charge in [0.15, 0.2) is 5.65 Å². The molecule has 0 bridgehead atoms. The molecule has 2 saturated carbocycles. The fraction of sp³-hybridized carbons (Fsp3) is 0.625. The van der Waals surface area contributed by atoms with Crippen LogP contribution in [0, 0.1) is 13.8 Å². The highest BCUT2D eigenvalue weighted by Crippen LogP contribution is 2.38. The lowest BCUT2D eigenvalue weighted by Gasteiger charge is -2.32. The van der Waals surface area contributed by atoms with Crippen molar-refractivity contribution in [2.24, 2.45) is 0 Å². The van der Waals surface area contributed by atoms with Crippen LogP contribution in [0.3, 0.4) is 0 Å². The Balaban J connectivity index is 0.000000197. The number of hydrogen-bond acceptors (Lipinski definition) is 7. The fourth-order valence-corrected chi connectivity index (χ4v) is 4.07. The van der Waals surface area contributed by atoms with Crippen LogP contribution in [0.15, 0.2) is 18.5 Å². The maximum atomic E-state index is 9.67. The highest BCUT2D eigenvalue weighted by molar-refractivity contribution is 5.75. The summed E-state index contributed by atoms with van der Waals surface area (Å²) < 4.78 is 36.7. The number of morpholine rings is 1. The summed E-state index contributed by atoms with van der Waals surface area (Å²) in [6.07, 6.45) is 10.4. The van der Waals surface area contributed by atoms with Crippen molar-refractivity contribution < 1.29 is 17.9 Å². The Morgan fingerprint density at radius 2 is 1.71 bits per heavy atom. The summed E-state index contributed by atoms with van der Waals surface area (Å²) in [6.45, 7) is 4.80. The second kappa shape index (κ2) is 11.3. The van der Waals surface area contributed by atoms with E-state index in [-0.39, 0.29) is 6.10 Å². The molecule has 1 aliphatic heterocycles. The second-order valence-corrected chi connectivity index (χ2v) is 9.20. The zero-order valence-electron chi connectivity index (χ0n) is 20.4. The molecule has 3 aliphatic rings. The van der Waals surface area contributed by atoms with Gasteiger partial charge in [0.2, 0.25) is 5.95 Å². The molecule has 190 valence electrons. The fourth-order valence-electron chi connectivity index (χ4n) is 4.07. The third-order valence-electron chi connectivity index (χ3n) is 6.42. The van der Waals surface area contributed by atoms with Gasteiger partial charge in [-0.25, -0.2) is 15.0 Å². The van der Waals surface area contributed by atoms with E-state index in [1.807, 2.05) is 37.0 Å². The van der Waals surface area contributed by atoms with Gasteiger partial charge >= 0.3 is 6.68 Å². The monoisotopic (exact) mass is 491 g/mol. The molecule has 0 radical (unpaired) electrons. The molecule has 0 amide bonds. The molecule has 0 aromatic carbocycles. The van der Waals surface area contributed by atoms with Gasteiger partial charge in [-0.3, -0.25) is 4.68 Å². The Morgan fingerprint density at radius 3 is 2.29 bits per heavy atom. The van der Waals surface area contributed by atoms with E-state index in [2.05, 4.69) is 21.9 Å². The number of anilines is 1. The number of aryl methyl sites for hydroxylation is 2. The van der Waals surface area contributed by atoms with Gasteiger partial charge in [0.05, 0.1) is 35.8 Å². The Hall–Kier alpha value is -2.82. The van der Waals surface area contributed by atoms with Crippen LogP contribution in [0.1, 0.15) is 68.1 Å². The van der Waals surface area contributed by atoms with Crippen LogP contribution in [0.5, 0.6) is 0 Å². The van der Waals surface area contributed by atoms with E-state index in [1.165, 1.54) is 32.1 Å². The lowest BCUT2D eigenvalue weighted by atomic mass is 9.82. The zero-order valence-corrected chi connectivity index (χ0v) is 20.4. The van der Waals surface area contributed by atoms with Crippen molar-refractivity contribution in [3.8, 4) is 0 Å². The van der Waals surface area contributed by atoms with Gasteiger partial charge in [0, 0.05) is 31.4 Å². The standard InChI is InChI=1S/C17H23N5O.C6H8N2.CHF3/c1-10-9-22(7-8-23-10)17-20-14(13-5-4-6-13)15-16(21-17)19-12(3)11(2)18-15;1-4-7-8(5-1)6-2-3-6;2-1(3)4/h10,13H,4-9H2,1-3H3;1,4-6H,2-3H2;1H. The van der Waals surface area contributed by atoms with Gasteiger partial charge in [-0.2, -0.15) is 23.3 Å². The molecule has 1 unspecified atom stereocenters. The van der Waals surface area contributed by atoms with E-state index in [4.69, 9.17) is 19.7 Å². The molecular weight excluding hydrogens is 459 g/mol. The maximum Gasteiger partial charge on any atom is 0.379 e. The van der Waals surface area contributed by atoms with Gasteiger partial charge in [0.25, 0.3) is 0 Å². The number of nitrogens with zero attached hydrogens (tertiary/aromatic N) is 7. The number of fused-ring (bicyclic) bond motifs is 1. The Bertz CT molecular complexity index is 1100. The normalized spacial score (nSPS) is 20.1. The van der Waals surface area contributed by atoms with Crippen LogP contribution in [0.4, 0.5) is 19.1 Å². The molecule has 3 aromatic heterocycles. The van der Waals surface area contributed by atoms with Gasteiger partial charge in [-0.1, -0.05) is 6.42 Å². The number of aromatic nitrogens is 6. The van der Waals surface area contributed by atoms with Crippen LogP contribution in [-0.4, -0.2) is 62.2 Å². The average molecular weight is 492 g/mol. The minimum Gasteiger partial charge on any atom is -0.375 e. The second-order valence-electron chi connectivity index (χ2n) is 9.20. The quantitative estimate of drug-likeness (QED) is 0.514. The molecule has 35 heavy (non-hydrogen) atoms.